The number of benzene rings is 1. The average molecular weight is 590 g/mol. The van der Waals surface area contributed by atoms with Crippen LogP contribution < -0.4 is 21.3 Å². The minimum Gasteiger partial charge on any atom is -0.358 e. The van der Waals surface area contributed by atoms with Crippen molar-refractivity contribution in [3.8, 4) is 0 Å². The van der Waals surface area contributed by atoms with E-state index < -0.39 is 17.8 Å². The second-order valence-corrected chi connectivity index (χ2v) is 13.0. The zero-order chi connectivity index (χ0) is 30.2. The number of anilines is 1. The van der Waals surface area contributed by atoms with Crippen LogP contribution in [0.3, 0.4) is 0 Å². The third kappa shape index (κ3) is 6.96. The summed E-state index contributed by atoms with van der Waals surface area (Å²) in [6.45, 7) is 9.95. The van der Waals surface area contributed by atoms with E-state index in [0.717, 1.165) is 50.9 Å². The standard InChI is InChI=1S/C30H42F3N7O2/c1-17(41)35-24-16-20(39-29(2,3)4)6-8-25(24)40-14-11-23(28(40)42)37-27-21-15-19(30(31,32)33)5-7-22(21)36-26(38-27)18-9-12-34-13-10-18/h5,7,15,18,20,23-25,34,39H,6,8-14,16H2,1-4H3,(H,35,41)(H,36,37,38)/t20-,23?,24-,25+/m1/s1. The number of hydrogen-bond acceptors (Lipinski definition) is 7. The summed E-state index contributed by atoms with van der Waals surface area (Å²) in [7, 11) is 0. The highest BCUT2D eigenvalue weighted by molar-refractivity contribution is 5.93. The molecule has 5 rings (SSSR count). The molecule has 2 aromatic rings. The fourth-order valence-electron chi connectivity index (χ4n) is 6.71. The molecule has 3 aliphatic rings. The molecule has 4 atom stereocenters. The summed E-state index contributed by atoms with van der Waals surface area (Å²) in [5.41, 5.74) is -0.433. The number of fused-ring (bicyclic) bond motifs is 1. The highest BCUT2D eigenvalue weighted by Gasteiger charge is 2.43. The molecule has 1 unspecified atom stereocenters. The van der Waals surface area contributed by atoms with Gasteiger partial charge in [0.1, 0.15) is 17.7 Å². The van der Waals surface area contributed by atoms with Gasteiger partial charge in [-0.15, -0.1) is 0 Å². The quantitative estimate of drug-likeness (QED) is 0.404. The number of nitrogens with zero attached hydrogens (tertiary/aromatic N) is 3. The first-order valence-electron chi connectivity index (χ1n) is 15.0. The van der Waals surface area contributed by atoms with Crippen LogP contribution in [0.2, 0.25) is 0 Å². The number of hydrogen-bond donors (Lipinski definition) is 4. The molecule has 4 N–H and O–H groups in total. The van der Waals surface area contributed by atoms with Gasteiger partial charge in [-0.25, -0.2) is 9.97 Å². The Kier molecular flexibility index (Phi) is 8.67. The Balaban J connectivity index is 1.40. The van der Waals surface area contributed by atoms with Crippen molar-refractivity contribution in [3.63, 3.8) is 0 Å². The maximum atomic E-state index is 13.8. The number of alkyl halides is 3. The Bertz CT molecular complexity index is 1310. The number of nitrogens with one attached hydrogen (secondary N) is 4. The first-order valence-corrected chi connectivity index (χ1v) is 15.0. The van der Waals surface area contributed by atoms with E-state index >= 15 is 0 Å². The Morgan fingerprint density at radius 2 is 1.79 bits per heavy atom. The molecular formula is C30H42F3N7O2. The molecule has 9 nitrogen and oxygen atoms in total. The molecule has 42 heavy (non-hydrogen) atoms. The van der Waals surface area contributed by atoms with E-state index in [1.807, 2.05) is 4.90 Å². The lowest BCUT2D eigenvalue weighted by atomic mass is 9.84. The second kappa shape index (κ2) is 11.9. The third-order valence-corrected chi connectivity index (χ3v) is 8.54. The van der Waals surface area contributed by atoms with E-state index in [0.29, 0.717) is 30.7 Å². The van der Waals surface area contributed by atoms with E-state index in [1.54, 1.807) is 0 Å². The summed E-state index contributed by atoms with van der Waals surface area (Å²) < 4.78 is 40.9. The number of likely N-dealkylation sites (tertiary alicyclic amines) is 1. The number of carbonyl (C=O) groups excluding carboxylic acids is 2. The highest BCUT2D eigenvalue weighted by Crippen LogP contribution is 2.35. The third-order valence-electron chi connectivity index (χ3n) is 8.54. The summed E-state index contributed by atoms with van der Waals surface area (Å²) in [4.78, 5) is 37.1. The van der Waals surface area contributed by atoms with Crippen molar-refractivity contribution in [2.45, 2.75) is 108 Å². The highest BCUT2D eigenvalue weighted by atomic mass is 19.4. The summed E-state index contributed by atoms with van der Waals surface area (Å²) in [5, 5.41) is 13.5. The molecule has 0 spiro atoms. The molecule has 2 amide bonds. The molecule has 3 fully saturated rings. The Morgan fingerprint density at radius 1 is 1.05 bits per heavy atom. The lowest BCUT2D eigenvalue weighted by Crippen LogP contribution is -2.59. The summed E-state index contributed by atoms with van der Waals surface area (Å²) in [5.74, 6) is 0.672. The summed E-state index contributed by atoms with van der Waals surface area (Å²) in [6.07, 6.45) is -0.0477. The van der Waals surface area contributed by atoms with Crippen LogP contribution in [0.4, 0.5) is 19.0 Å². The Labute approximate surface area is 244 Å². The Hall–Kier alpha value is -2.99. The molecule has 230 valence electrons. The average Bonchev–Trinajstić information content (AvgIpc) is 3.26. The van der Waals surface area contributed by atoms with E-state index in [-0.39, 0.29) is 52.6 Å². The van der Waals surface area contributed by atoms with Gasteiger partial charge in [0.15, 0.2) is 0 Å². The first-order chi connectivity index (χ1) is 19.8. The van der Waals surface area contributed by atoms with Gasteiger partial charge in [0.05, 0.1) is 23.2 Å². The van der Waals surface area contributed by atoms with Crippen molar-refractivity contribution in [1.29, 1.82) is 0 Å². The van der Waals surface area contributed by atoms with Gasteiger partial charge in [-0.3, -0.25) is 9.59 Å². The van der Waals surface area contributed by atoms with Gasteiger partial charge < -0.3 is 26.2 Å². The monoisotopic (exact) mass is 589 g/mol. The molecule has 1 aliphatic carbocycles. The fraction of sp³-hybridized carbons (Fsp3) is 0.667. The van der Waals surface area contributed by atoms with Crippen molar-refractivity contribution < 1.29 is 22.8 Å². The van der Waals surface area contributed by atoms with E-state index in [1.165, 1.54) is 13.0 Å². The van der Waals surface area contributed by atoms with Gasteiger partial charge in [-0.05, 0) is 90.6 Å². The molecular weight excluding hydrogens is 547 g/mol. The minimum absolute atomic E-state index is 0.0734. The zero-order valence-corrected chi connectivity index (χ0v) is 24.8. The maximum absolute atomic E-state index is 13.8. The Morgan fingerprint density at radius 3 is 2.45 bits per heavy atom. The molecule has 12 heteroatoms. The van der Waals surface area contributed by atoms with Crippen LogP contribution in [0.15, 0.2) is 18.2 Å². The first kappa shape index (κ1) is 30.5. The van der Waals surface area contributed by atoms with E-state index in [9.17, 15) is 22.8 Å². The number of carbonyl (C=O) groups is 2. The predicted octanol–water partition coefficient (Wildman–Crippen LogP) is 3.94. The zero-order valence-electron chi connectivity index (χ0n) is 24.8. The van der Waals surface area contributed by atoms with Crippen LogP contribution in [-0.4, -0.2) is 76.0 Å². The van der Waals surface area contributed by atoms with Crippen LogP contribution in [0, 0.1) is 0 Å². The SMILES string of the molecule is CC(=O)N[C@@H]1C[C@H](NC(C)(C)C)CC[C@@H]1N1CCC(Nc2nc(C3CCNCC3)nc3ccc(C(F)(F)F)cc23)C1=O. The minimum atomic E-state index is -4.52. The van der Waals surface area contributed by atoms with E-state index in [2.05, 4.69) is 47.0 Å². The van der Waals surface area contributed by atoms with Gasteiger partial charge in [-0.1, -0.05) is 0 Å². The molecule has 0 radical (unpaired) electrons. The molecule has 1 aromatic heterocycles. The van der Waals surface area contributed by atoms with Crippen molar-refractivity contribution in [3.05, 3.63) is 29.6 Å². The second-order valence-electron chi connectivity index (χ2n) is 13.0. The summed E-state index contributed by atoms with van der Waals surface area (Å²) in [6, 6.07) is 2.73. The van der Waals surface area contributed by atoms with Gasteiger partial charge in [0.2, 0.25) is 11.8 Å². The van der Waals surface area contributed by atoms with Crippen LogP contribution in [0.1, 0.15) is 83.5 Å². The van der Waals surface area contributed by atoms with Crippen LogP contribution >= 0.6 is 0 Å². The molecule has 0 bridgehead atoms. The number of piperidine rings is 1. The fourth-order valence-corrected chi connectivity index (χ4v) is 6.71. The molecule has 3 heterocycles. The van der Waals surface area contributed by atoms with Gasteiger partial charge >= 0.3 is 6.18 Å². The van der Waals surface area contributed by atoms with Crippen molar-refractivity contribution >= 4 is 28.5 Å². The van der Waals surface area contributed by atoms with Crippen LogP contribution in [-0.2, 0) is 15.8 Å². The largest absolute Gasteiger partial charge is 0.416 e. The van der Waals surface area contributed by atoms with Gasteiger partial charge in [0.25, 0.3) is 0 Å². The van der Waals surface area contributed by atoms with Crippen LogP contribution in [0.25, 0.3) is 10.9 Å². The van der Waals surface area contributed by atoms with E-state index in [4.69, 9.17) is 4.98 Å². The topological polar surface area (TPSA) is 111 Å². The molecule has 2 aliphatic heterocycles. The summed E-state index contributed by atoms with van der Waals surface area (Å²) >= 11 is 0. The molecule has 1 aromatic carbocycles. The molecule has 2 saturated heterocycles. The number of halogens is 3. The van der Waals surface area contributed by atoms with Crippen molar-refractivity contribution in [2.24, 2.45) is 0 Å². The van der Waals surface area contributed by atoms with Gasteiger partial charge in [-0.2, -0.15) is 13.2 Å². The van der Waals surface area contributed by atoms with Crippen LogP contribution in [0.5, 0.6) is 0 Å². The lowest BCUT2D eigenvalue weighted by molar-refractivity contribution is -0.137. The number of rotatable bonds is 6. The van der Waals surface area contributed by atoms with Gasteiger partial charge in [0, 0.05) is 36.4 Å². The van der Waals surface area contributed by atoms with Crippen molar-refractivity contribution in [1.82, 2.24) is 30.8 Å². The lowest BCUT2D eigenvalue weighted by Gasteiger charge is -2.43. The number of aromatic nitrogens is 2. The normalized spacial score (nSPS) is 26.1. The smallest absolute Gasteiger partial charge is 0.358 e. The maximum Gasteiger partial charge on any atom is 0.416 e. The number of amides is 2. The predicted molar refractivity (Wildman–Crippen MR) is 155 cm³/mol. The molecule has 1 saturated carbocycles. The van der Waals surface area contributed by atoms with Crippen molar-refractivity contribution in [2.75, 3.05) is 25.0 Å².